The van der Waals surface area contributed by atoms with Crippen molar-refractivity contribution >= 4 is 45.5 Å². The summed E-state index contributed by atoms with van der Waals surface area (Å²) in [6.07, 6.45) is 6.90. The molecule has 62 heavy (non-hydrogen) atoms. The van der Waals surface area contributed by atoms with Gasteiger partial charge >= 0.3 is 0 Å². The van der Waals surface area contributed by atoms with Crippen molar-refractivity contribution in [1.82, 2.24) is 24.6 Å². The minimum atomic E-state index is -2.70. The number of halogens is 3. The summed E-state index contributed by atoms with van der Waals surface area (Å²) >= 11 is 0. The number of benzene rings is 3. The summed E-state index contributed by atoms with van der Waals surface area (Å²) in [6, 6.07) is 13.8. The van der Waals surface area contributed by atoms with Crippen molar-refractivity contribution in [2.75, 3.05) is 61.5 Å². The number of hydrogen-bond acceptors (Lipinski definition) is 9. The molecular weight excluding hydrogens is 798 g/mol. The molecular formula is C47H53F3N8O4. The van der Waals surface area contributed by atoms with Gasteiger partial charge in [0.05, 0.1) is 36.2 Å². The first kappa shape index (κ1) is 41.5. The summed E-state index contributed by atoms with van der Waals surface area (Å²) in [5.74, 6) is 0.0800. The Morgan fingerprint density at radius 2 is 1.69 bits per heavy atom. The Hall–Kier alpha value is -5.83. The number of aryl methyl sites for hydroxylation is 3. The Labute approximate surface area is 358 Å². The standard InChI is InChI=1S/C47H53F3N8O4/c1-28-19-37-42(54(2)47(28)61)22-34(62-3)23-43(37)57-14-4-5-30-20-35(36(45(49)50)24-41(30)57)31-25-51-58(27-31)33-12-15-55(16-13-33)26-29-10-17-56(18-11-29)40-8-6-32(21-38(40)48)52-39-7-9-44(59)53-46(39)60/h6,8,19-25,27,29,33,39,45,52H,4-5,7,9-18,26H2,1-3H3,(H,53,59,60). The number of pyridine rings is 1. The number of methoxy groups -OCH3 is 1. The lowest BCUT2D eigenvalue weighted by Crippen LogP contribution is -2.47. The molecule has 3 aromatic carbocycles. The maximum Gasteiger partial charge on any atom is 0.264 e. The second kappa shape index (κ2) is 17.1. The molecule has 3 saturated heterocycles. The Balaban J connectivity index is 0.831. The van der Waals surface area contributed by atoms with Crippen molar-refractivity contribution in [3.8, 4) is 16.9 Å². The van der Waals surface area contributed by atoms with E-state index in [-0.39, 0.29) is 41.2 Å². The predicted octanol–water partition coefficient (Wildman–Crippen LogP) is 7.65. The molecule has 0 radical (unpaired) electrons. The van der Waals surface area contributed by atoms with Gasteiger partial charge in [-0.1, -0.05) is 0 Å². The Bertz CT molecular complexity index is 2580. The number of anilines is 4. The summed E-state index contributed by atoms with van der Waals surface area (Å²) in [5, 5.41) is 11.0. The van der Waals surface area contributed by atoms with Gasteiger partial charge in [0.25, 0.3) is 12.0 Å². The quantitative estimate of drug-likeness (QED) is 0.137. The fourth-order valence-electron chi connectivity index (χ4n) is 10.00. The molecule has 2 N–H and O–H groups in total. The zero-order valence-electron chi connectivity index (χ0n) is 35.4. The number of nitrogens with one attached hydrogen (secondary N) is 2. The van der Waals surface area contributed by atoms with Crippen molar-refractivity contribution in [1.29, 1.82) is 0 Å². The van der Waals surface area contributed by atoms with Crippen LogP contribution in [0.1, 0.15) is 74.1 Å². The van der Waals surface area contributed by atoms with Crippen LogP contribution in [0.15, 0.2) is 65.7 Å². The second-order valence-corrected chi connectivity index (χ2v) is 17.4. The van der Waals surface area contributed by atoms with Gasteiger partial charge in [0.1, 0.15) is 17.6 Å². The van der Waals surface area contributed by atoms with Gasteiger partial charge in [0.2, 0.25) is 11.8 Å². The molecule has 0 aliphatic carbocycles. The van der Waals surface area contributed by atoms with Gasteiger partial charge in [0.15, 0.2) is 0 Å². The highest BCUT2D eigenvalue weighted by atomic mass is 19.3. The maximum absolute atomic E-state index is 15.3. The van der Waals surface area contributed by atoms with Crippen molar-refractivity contribution in [2.45, 2.75) is 76.8 Å². The molecule has 3 fully saturated rings. The molecule has 4 aliphatic heterocycles. The molecule has 6 heterocycles. The number of imide groups is 1. The molecule has 1 unspecified atom stereocenters. The fraction of sp³-hybridized carbons (Fsp3) is 0.447. The number of carbonyl (C=O) groups is 2. The molecule has 0 bridgehead atoms. The van der Waals surface area contributed by atoms with E-state index in [9.17, 15) is 14.4 Å². The minimum Gasteiger partial charge on any atom is -0.497 e. The van der Waals surface area contributed by atoms with Gasteiger partial charge in [-0.25, -0.2) is 13.2 Å². The molecule has 4 aliphatic rings. The Morgan fingerprint density at radius 3 is 2.42 bits per heavy atom. The number of likely N-dealkylation sites (tertiary alicyclic amines) is 1. The highest BCUT2D eigenvalue weighted by molar-refractivity contribution is 6.01. The Kier molecular flexibility index (Phi) is 11.5. The third-order valence-corrected chi connectivity index (χ3v) is 13.4. The fourth-order valence-corrected chi connectivity index (χ4v) is 10.00. The number of ether oxygens (including phenoxy) is 1. The van der Waals surface area contributed by atoms with Gasteiger partial charge in [0, 0.05) is 105 Å². The van der Waals surface area contributed by atoms with E-state index in [0.29, 0.717) is 58.2 Å². The summed E-state index contributed by atoms with van der Waals surface area (Å²) in [5.41, 5.74) is 6.00. The van der Waals surface area contributed by atoms with E-state index in [1.807, 2.05) is 35.1 Å². The SMILES string of the molecule is COc1cc(N2CCCc3cc(-c4cnn(C5CCN(CC6CCN(c7ccc(NC8CCC(=O)NC8=O)cc7F)CC6)CC5)c4)c(C(F)F)cc32)c2cc(C)c(=O)n(C)c2c1. The Morgan fingerprint density at radius 1 is 0.903 bits per heavy atom. The van der Waals surface area contributed by atoms with Crippen LogP contribution in [0.5, 0.6) is 5.75 Å². The molecule has 2 aromatic heterocycles. The summed E-state index contributed by atoms with van der Waals surface area (Å²) < 4.78 is 54.5. The first-order valence-corrected chi connectivity index (χ1v) is 21.8. The smallest absolute Gasteiger partial charge is 0.264 e. The van der Waals surface area contributed by atoms with Crippen LogP contribution in [0.4, 0.5) is 35.9 Å². The maximum atomic E-state index is 15.3. The first-order valence-electron chi connectivity index (χ1n) is 21.8. The topological polar surface area (TPSA) is 117 Å². The highest BCUT2D eigenvalue weighted by Crippen LogP contribution is 2.44. The largest absolute Gasteiger partial charge is 0.497 e. The van der Waals surface area contributed by atoms with Crippen LogP contribution in [0.2, 0.25) is 0 Å². The summed E-state index contributed by atoms with van der Waals surface area (Å²) in [6.45, 7) is 6.76. The zero-order chi connectivity index (χ0) is 43.2. The second-order valence-electron chi connectivity index (χ2n) is 17.4. The van der Waals surface area contributed by atoms with E-state index in [1.165, 1.54) is 6.07 Å². The molecule has 326 valence electrons. The molecule has 15 heteroatoms. The zero-order valence-corrected chi connectivity index (χ0v) is 35.4. The lowest BCUT2D eigenvalue weighted by Gasteiger charge is -2.38. The number of carbonyl (C=O) groups excluding carboxylic acids is 2. The normalized spacial score (nSPS) is 19.3. The van der Waals surface area contributed by atoms with Crippen LogP contribution in [0.25, 0.3) is 22.0 Å². The van der Waals surface area contributed by atoms with Crippen LogP contribution < -0.4 is 30.7 Å². The number of alkyl halides is 2. The number of aromatic nitrogens is 3. The minimum absolute atomic E-state index is 0.0339. The van der Waals surface area contributed by atoms with Crippen LogP contribution in [0, 0.1) is 18.7 Å². The van der Waals surface area contributed by atoms with E-state index in [0.717, 1.165) is 93.6 Å². The predicted molar refractivity (Wildman–Crippen MR) is 234 cm³/mol. The van der Waals surface area contributed by atoms with Crippen molar-refractivity contribution in [3.63, 3.8) is 0 Å². The van der Waals surface area contributed by atoms with Crippen molar-refractivity contribution < 1.29 is 27.5 Å². The number of nitrogens with zero attached hydrogens (tertiary/aromatic N) is 6. The number of rotatable bonds is 10. The summed E-state index contributed by atoms with van der Waals surface area (Å²) in [4.78, 5) is 43.2. The molecule has 0 saturated carbocycles. The van der Waals surface area contributed by atoms with E-state index in [2.05, 4.69) is 25.3 Å². The van der Waals surface area contributed by atoms with Gasteiger partial charge in [-0.3, -0.25) is 24.4 Å². The first-order chi connectivity index (χ1) is 29.9. The number of piperidine rings is 3. The van der Waals surface area contributed by atoms with Gasteiger partial charge in [-0.05, 0) is 105 Å². The van der Waals surface area contributed by atoms with E-state index in [4.69, 9.17) is 9.84 Å². The molecule has 9 rings (SSSR count). The molecule has 2 amide bonds. The van der Waals surface area contributed by atoms with E-state index >= 15 is 13.2 Å². The number of amides is 2. The van der Waals surface area contributed by atoms with Gasteiger partial charge in [-0.15, -0.1) is 0 Å². The van der Waals surface area contributed by atoms with Crippen LogP contribution in [-0.4, -0.2) is 83.5 Å². The molecule has 1 atom stereocenters. The van der Waals surface area contributed by atoms with E-state index < -0.39 is 12.5 Å². The van der Waals surface area contributed by atoms with Crippen LogP contribution in [0.3, 0.4) is 0 Å². The third kappa shape index (κ3) is 8.14. The average Bonchev–Trinajstić information content (AvgIpc) is 3.77. The number of fused-ring (bicyclic) bond motifs is 2. The van der Waals surface area contributed by atoms with Gasteiger partial charge < -0.3 is 29.3 Å². The van der Waals surface area contributed by atoms with Crippen molar-refractivity contribution in [2.24, 2.45) is 13.0 Å². The number of hydrogen-bond donors (Lipinski definition) is 2. The molecule has 12 nitrogen and oxygen atoms in total. The highest BCUT2D eigenvalue weighted by Gasteiger charge is 2.30. The average molecular weight is 851 g/mol. The lowest BCUT2D eigenvalue weighted by atomic mass is 9.92. The lowest BCUT2D eigenvalue weighted by molar-refractivity contribution is -0.133. The molecule has 5 aromatic rings. The monoisotopic (exact) mass is 850 g/mol. The van der Waals surface area contributed by atoms with Crippen molar-refractivity contribution in [3.05, 3.63) is 93.8 Å². The molecule has 0 spiro atoms. The third-order valence-electron chi connectivity index (χ3n) is 13.4. The summed E-state index contributed by atoms with van der Waals surface area (Å²) in [7, 11) is 3.32. The van der Waals surface area contributed by atoms with Crippen LogP contribution >= 0.6 is 0 Å². The van der Waals surface area contributed by atoms with Gasteiger partial charge in [-0.2, -0.15) is 5.10 Å². The van der Waals surface area contributed by atoms with E-state index in [1.54, 1.807) is 50.0 Å². The van der Waals surface area contributed by atoms with Crippen LogP contribution in [-0.2, 0) is 23.1 Å².